The molecule has 3 N–H and O–H groups in total. The first-order valence-corrected chi connectivity index (χ1v) is 7.98. The number of aryl methyl sites for hydroxylation is 1. The molecule has 0 atom stereocenters. The molecule has 1 fully saturated rings. The van der Waals surface area contributed by atoms with Gasteiger partial charge in [0.05, 0.1) is 0 Å². The van der Waals surface area contributed by atoms with Crippen LogP contribution in [-0.4, -0.2) is 18.0 Å². The molecule has 114 valence electrons. The molecule has 0 aromatic heterocycles. The fourth-order valence-electron chi connectivity index (χ4n) is 2.39. The van der Waals surface area contributed by atoms with Crippen LogP contribution in [-0.2, 0) is 0 Å². The lowest BCUT2D eigenvalue weighted by atomic mass is 9.96. The standard InChI is InChI=1S/C15H20BrN3O2/c1-10-7-8-11(9-13(10)16)14(20)18-19-15(21)17-12-5-3-2-4-6-12/h7-9,12H,2-6H2,1H3,(H,18,20)(H2,17,19,21). The van der Waals surface area contributed by atoms with Gasteiger partial charge in [-0.15, -0.1) is 0 Å². The maximum Gasteiger partial charge on any atom is 0.333 e. The monoisotopic (exact) mass is 353 g/mol. The van der Waals surface area contributed by atoms with Crippen LogP contribution in [0, 0.1) is 6.92 Å². The number of urea groups is 1. The number of carbonyl (C=O) groups is 2. The molecule has 1 aromatic rings. The second-order valence-corrected chi connectivity index (χ2v) is 6.21. The molecule has 5 nitrogen and oxygen atoms in total. The minimum Gasteiger partial charge on any atom is -0.334 e. The summed E-state index contributed by atoms with van der Waals surface area (Å²) in [6, 6.07) is 5.15. The van der Waals surface area contributed by atoms with Crippen molar-refractivity contribution in [3.8, 4) is 0 Å². The predicted molar refractivity (Wildman–Crippen MR) is 84.9 cm³/mol. The smallest absolute Gasteiger partial charge is 0.333 e. The van der Waals surface area contributed by atoms with Gasteiger partial charge in [-0.05, 0) is 37.5 Å². The summed E-state index contributed by atoms with van der Waals surface area (Å²) < 4.78 is 0.863. The van der Waals surface area contributed by atoms with E-state index in [9.17, 15) is 9.59 Å². The van der Waals surface area contributed by atoms with Crippen molar-refractivity contribution in [2.45, 2.75) is 45.1 Å². The van der Waals surface area contributed by atoms with Crippen LogP contribution in [0.2, 0.25) is 0 Å². The van der Waals surface area contributed by atoms with Crippen molar-refractivity contribution in [2.24, 2.45) is 0 Å². The van der Waals surface area contributed by atoms with E-state index in [4.69, 9.17) is 0 Å². The summed E-state index contributed by atoms with van der Waals surface area (Å²) in [6.45, 7) is 1.95. The van der Waals surface area contributed by atoms with E-state index in [1.54, 1.807) is 12.1 Å². The minimum absolute atomic E-state index is 0.212. The van der Waals surface area contributed by atoms with Crippen molar-refractivity contribution in [1.82, 2.24) is 16.2 Å². The Bertz CT molecular complexity index is 528. The number of halogens is 1. The molecule has 0 bridgehead atoms. The van der Waals surface area contributed by atoms with Gasteiger partial charge >= 0.3 is 6.03 Å². The third-order valence-corrected chi connectivity index (χ3v) is 4.52. The van der Waals surface area contributed by atoms with E-state index in [0.29, 0.717) is 5.56 Å². The predicted octanol–water partition coefficient (Wildman–Crippen LogP) is 3.03. The molecule has 0 unspecified atom stereocenters. The van der Waals surface area contributed by atoms with Gasteiger partial charge in [0.25, 0.3) is 5.91 Å². The van der Waals surface area contributed by atoms with E-state index in [2.05, 4.69) is 32.1 Å². The molecule has 0 spiro atoms. The molecular weight excluding hydrogens is 334 g/mol. The van der Waals surface area contributed by atoms with Crippen LogP contribution < -0.4 is 16.2 Å². The lowest BCUT2D eigenvalue weighted by Crippen LogP contribution is -2.50. The van der Waals surface area contributed by atoms with Crippen LogP contribution in [0.5, 0.6) is 0 Å². The largest absolute Gasteiger partial charge is 0.334 e. The van der Waals surface area contributed by atoms with E-state index >= 15 is 0 Å². The normalized spacial score (nSPS) is 15.3. The quantitative estimate of drug-likeness (QED) is 0.715. The molecule has 0 aliphatic heterocycles. The second kappa shape index (κ2) is 7.45. The number of hydrazine groups is 1. The summed E-state index contributed by atoms with van der Waals surface area (Å²) in [5, 5.41) is 2.87. The van der Waals surface area contributed by atoms with Gasteiger partial charge in [-0.3, -0.25) is 10.2 Å². The van der Waals surface area contributed by atoms with E-state index in [1.807, 2.05) is 13.0 Å². The first-order valence-electron chi connectivity index (χ1n) is 7.19. The first kappa shape index (κ1) is 15.8. The summed E-state index contributed by atoms with van der Waals surface area (Å²) in [7, 11) is 0. The molecule has 1 aliphatic carbocycles. The Morgan fingerprint density at radius 1 is 1.14 bits per heavy atom. The van der Waals surface area contributed by atoms with Crippen LogP contribution in [0.3, 0.4) is 0 Å². The van der Waals surface area contributed by atoms with Crippen molar-refractivity contribution in [1.29, 1.82) is 0 Å². The van der Waals surface area contributed by atoms with Gasteiger partial charge in [-0.1, -0.05) is 41.3 Å². The lowest BCUT2D eigenvalue weighted by Gasteiger charge is -2.22. The van der Waals surface area contributed by atoms with Gasteiger partial charge in [-0.2, -0.15) is 0 Å². The zero-order chi connectivity index (χ0) is 15.2. The van der Waals surface area contributed by atoms with Gasteiger partial charge in [-0.25, -0.2) is 10.2 Å². The Hall–Kier alpha value is -1.56. The third-order valence-electron chi connectivity index (χ3n) is 3.66. The van der Waals surface area contributed by atoms with Gasteiger partial charge in [0.2, 0.25) is 0 Å². The molecular formula is C15H20BrN3O2. The van der Waals surface area contributed by atoms with E-state index in [1.165, 1.54) is 6.42 Å². The summed E-state index contributed by atoms with van der Waals surface area (Å²) in [4.78, 5) is 23.7. The maximum atomic E-state index is 11.9. The Morgan fingerprint density at radius 3 is 2.52 bits per heavy atom. The topological polar surface area (TPSA) is 70.2 Å². The molecule has 0 saturated heterocycles. The molecule has 0 radical (unpaired) electrons. The molecule has 0 heterocycles. The Balaban J connectivity index is 1.80. The van der Waals surface area contributed by atoms with Gasteiger partial charge in [0, 0.05) is 16.1 Å². The minimum atomic E-state index is -0.360. The van der Waals surface area contributed by atoms with Crippen LogP contribution in [0.4, 0.5) is 4.79 Å². The highest BCUT2D eigenvalue weighted by Crippen LogP contribution is 2.18. The summed E-state index contributed by atoms with van der Waals surface area (Å²) >= 11 is 3.38. The van der Waals surface area contributed by atoms with Crippen molar-refractivity contribution >= 4 is 27.9 Å². The highest BCUT2D eigenvalue weighted by atomic mass is 79.9. The Morgan fingerprint density at radius 2 is 1.86 bits per heavy atom. The summed E-state index contributed by atoms with van der Waals surface area (Å²) in [6.07, 6.45) is 5.54. The number of amides is 3. The molecule has 3 amide bonds. The molecule has 1 saturated carbocycles. The second-order valence-electron chi connectivity index (χ2n) is 5.35. The van der Waals surface area contributed by atoms with Crippen molar-refractivity contribution in [2.75, 3.05) is 0 Å². The number of rotatable bonds is 2. The van der Waals surface area contributed by atoms with E-state index < -0.39 is 0 Å². The fraction of sp³-hybridized carbons (Fsp3) is 0.467. The van der Waals surface area contributed by atoms with E-state index in [-0.39, 0.29) is 18.0 Å². The highest BCUT2D eigenvalue weighted by molar-refractivity contribution is 9.10. The SMILES string of the molecule is Cc1ccc(C(=O)NNC(=O)NC2CCCCC2)cc1Br. The lowest BCUT2D eigenvalue weighted by molar-refractivity contribution is 0.0935. The van der Waals surface area contributed by atoms with Crippen molar-refractivity contribution in [3.63, 3.8) is 0 Å². The highest BCUT2D eigenvalue weighted by Gasteiger charge is 2.16. The first-order chi connectivity index (χ1) is 10.1. The molecule has 1 aromatic carbocycles. The maximum absolute atomic E-state index is 11.9. The zero-order valence-corrected chi connectivity index (χ0v) is 13.6. The number of nitrogens with one attached hydrogen (secondary N) is 3. The van der Waals surface area contributed by atoms with Crippen LogP contribution >= 0.6 is 15.9 Å². The Labute approximate surface area is 133 Å². The van der Waals surface area contributed by atoms with Crippen molar-refractivity contribution < 1.29 is 9.59 Å². The molecule has 1 aliphatic rings. The van der Waals surface area contributed by atoms with Gasteiger partial charge in [0.15, 0.2) is 0 Å². The number of hydrogen-bond donors (Lipinski definition) is 3. The fourth-order valence-corrected chi connectivity index (χ4v) is 2.77. The third kappa shape index (κ3) is 4.74. The molecule has 21 heavy (non-hydrogen) atoms. The van der Waals surface area contributed by atoms with Crippen LogP contribution in [0.25, 0.3) is 0 Å². The molecule has 6 heteroatoms. The number of carbonyl (C=O) groups excluding carboxylic acids is 2. The van der Waals surface area contributed by atoms with Gasteiger partial charge < -0.3 is 5.32 Å². The zero-order valence-electron chi connectivity index (χ0n) is 12.0. The average Bonchev–Trinajstić information content (AvgIpc) is 2.48. The summed E-state index contributed by atoms with van der Waals surface area (Å²) in [5.74, 6) is -0.338. The number of hydrogen-bond acceptors (Lipinski definition) is 2. The van der Waals surface area contributed by atoms with Gasteiger partial charge in [0.1, 0.15) is 0 Å². The number of benzene rings is 1. The average molecular weight is 354 g/mol. The van der Waals surface area contributed by atoms with E-state index in [0.717, 1.165) is 35.7 Å². The summed E-state index contributed by atoms with van der Waals surface area (Å²) in [5.41, 5.74) is 6.35. The Kier molecular flexibility index (Phi) is 5.61. The van der Waals surface area contributed by atoms with Crippen LogP contribution in [0.15, 0.2) is 22.7 Å². The molecule has 2 rings (SSSR count). The van der Waals surface area contributed by atoms with Crippen molar-refractivity contribution in [3.05, 3.63) is 33.8 Å². The van der Waals surface area contributed by atoms with Crippen LogP contribution in [0.1, 0.15) is 48.0 Å².